The van der Waals surface area contributed by atoms with Gasteiger partial charge in [0.25, 0.3) is 11.6 Å². The third-order valence-electron chi connectivity index (χ3n) is 5.40. The molecule has 4 rings (SSSR count). The molecule has 0 unspecified atom stereocenters. The molecule has 1 aliphatic rings. The number of anilines is 1. The number of benzene rings is 1. The van der Waals surface area contributed by atoms with Crippen molar-refractivity contribution in [2.75, 3.05) is 18.0 Å². The fourth-order valence-electron chi connectivity index (χ4n) is 3.60. The molecule has 1 fully saturated rings. The van der Waals surface area contributed by atoms with Crippen LogP contribution in [0.4, 0.5) is 11.5 Å². The van der Waals surface area contributed by atoms with Crippen LogP contribution in [0.15, 0.2) is 47.2 Å². The Balaban J connectivity index is 1.46. The first kappa shape index (κ1) is 20.9. The van der Waals surface area contributed by atoms with Gasteiger partial charge < -0.3 is 10.2 Å². The summed E-state index contributed by atoms with van der Waals surface area (Å²) in [6.07, 6.45) is 2.45. The van der Waals surface area contributed by atoms with Crippen molar-refractivity contribution < 1.29 is 9.72 Å². The number of non-ortho nitro benzene ring substituents is 1. The quantitative estimate of drug-likeness (QED) is 0.461. The Kier molecular flexibility index (Phi) is 6.22. The second-order valence-corrected chi connectivity index (χ2v) is 8.23. The largest absolute Gasteiger partial charge is 0.356 e. The molecule has 8 nitrogen and oxygen atoms in total. The Morgan fingerprint density at radius 3 is 2.58 bits per heavy atom. The van der Waals surface area contributed by atoms with E-state index in [1.807, 2.05) is 29.8 Å². The van der Waals surface area contributed by atoms with Gasteiger partial charge in [0.05, 0.1) is 4.92 Å². The third kappa shape index (κ3) is 4.88. The van der Waals surface area contributed by atoms with Crippen LogP contribution in [0.5, 0.6) is 0 Å². The maximum Gasteiger partial charge on any atom is 0.269 e. The summed E-state index contributed by atoms with van der Waals surface area (Å²) in [5.41, 5.74) is 2.43. The van der Waals surface area contributed by atoms with Crippen LogP contribution < -0.4 is 10.2 Å². The highest BCUT2D eigenvalue weighted by molar-refractivity contribution is 7.08. The number of carbonyl (C=O) groups excluding carboxylic acids is 1. The molecular formula is C22H23N5O3S. The maximum absolute atomic E-state index is 12.3. The van der Waals surface area contributed by atoms with Gasteiger partial charge in [-0.25, -0.2) is 9.97 Å². The fourth-order valence-corrected chi connectivity index (χ4v) is 4.24. The molecule has 1 aliphatic heterocycles. The molecular weight excluding hydrogens is 414 g/mol. The van der Waals surface area contributed by atoms with Crippen LogP contribution in [0.25, 0.3) is 11.4 Å². The van der Waals surface area contributed by atoms with Crippen LogP contribution in [0, 0.1) is 10.1 Å². The molecule has 0 saturated carbocycles. The summed E-state index contributed by atoms with van der Waals surface area (Å²) in [5, 5.41) is 17.8. The summed E-state index contributed by atoms with van der Waals surface area (Å²) in [5.74, 6) is 1.40. The van der Waals surface area contributed by atoms with Gasteiger partial charge >= 0.3 is 0 Å². The summed E-state index contributed by atoms with van der Waals surface area (Å²) in [6.45, 7) is 3.61. The van der Waals surface area contributed by atoms with Gasteiger partial charge in [-0.05, 0) is 42.8 Å². The molecule has 0 bridgehead atoms. The standard InChI is InChI=1S/C22H23N5O3S/c1-2-17-13-20(25-21(23-17)15-3-5-19(6-4-15)27(29)30)26-10-7-18(8-11-26)24-22(28)16-9-12-31-14-16/h3-6,9,12-14,18H,2,7-8,10-11H2,1H3,(H,24,28). The minimum absolute atomic E-state index is 0.0181. The number of nitro groups is 1. The van der Waals surface area contributed by atoms with E-state index in [-0.39, 0.29) is 17.6 Å². The number of hydrogen-bond acceptors (Lipinski definition) is 7. The first-order chi connectivity index (χ1) is 15.0. The fraction of sp³-hybridized carbons (Fsp3) is 0.318. The topological polar surface area (TPSA) is 101 Å². The van der Waals surface area contributed by atoms with Crippen LogP contribution in [-0.2, 0) is 6.42 Å². The van der Waals surface area contributed by atoms with Crippen LogP contribution in [0.3, 0.4) is 0 Å². The van der Waals surface area contributed by atoms with Gasteiger partial charge in [0, 0.05) is 59.5 Å². The zero-order chi connectivity index (χ0) is 21.8. The van der Waals surface area contributed by atoms with Crippen molar-refractivity contribution in [1.29, 1.82) is 0 Å². The SMILES string of the molecule is CCc1cc(N2CCC(NC(=O)c3ccsc3)CC2)nc(-c2ccc([N+](=O)[O-])cc2)n1. The second kappa shape index (κ2) is 9.22. The minimum atomic E-state index is -0.417. The molecule has 1 saturated heterocycles. The first-order valence-electron chi connectivity index (χ1n) is 10.2. The van der Waals surface area contributed by atoms with Crippen LogP contribution in [0.1, 0.15) is 35.8 Å². The van der Waals surface area contributed by atoms with E-state index in [4.69, 9.17) is 4.98 Å². The van der Waals surface area contributed by atoms with Crippen molar-refractivity contribution in [1.82, 2.24) is 15.3 Å². The first-order valence-corrected chi connectivity index (χ1v) is 11.2. The highest BCUT2D eigenvalue weighted by Crippen LogP contribution is 2.25. The predicted octanol–water partition coefficient (Wildman–Crippen LogP) is 4.07. The maximum atomic E-state index is 12.3. The molecule has 0 aliphatic carbocycles. The lowest BCUT2D eigenvalue weighted by molar-refractivity contribution is -0.384. The molecule has 0 spiro atoms. The number of nitro benzene ring substituents is 1. The zero-order valence-corrected chi connectivity index (χ0v) is 18.0. The second-order valence-electron chi connectivity index (χ2n) is 7.45. The summed E-state index contributed by atoms with van der Waals surface area (Å²) in [4.78, 5) is 34.3. The molecule has 9 heteroatoms. The van der Waals surface area contributed by atoms with Gasteiger partial charge in [-0.15, -0.1) is 0 Å². The summed E-state index contributed by atoms with van der Waals surface area (Å²) in [7, 11) is 0. The number of nitrogens with zero attached hydrogens (tertiary/aromatic N) is 4. The van der Waals surface area contributed by atoms with E-state index in [0.717, 1.165) is 49.4 Å². The molecule has 1 N–H and O–H groups in total. The molecule has 0 radical (unpaired) electrons. The molecule has 3 heterocycles. The normalized spacial score (nSPS) is 14.4. The van der Waals surface area contributed by atoms with E-state index in [1.54, 1.807) is 12.1 Å². The number of aromatic nitrogens is 2. The molecule has 2 aromatic heterocycles. The Morgan fingerprint density at radius 2 is 1.97 bits per heavy atom. The summed E-state index contributed by atoms with van der Waals surface area (Å²) >= 11 is 1.52. The Morgan fingerprint density at radius 1 is 1.23 bits per heavy atom. The lowest BCUT2D eigenvalue weighted by atomic mass is 10.0. The number of piperidine rings is 1. The average molecular weight is 438 g/mol. The zero-order valence-electron chi connectivity index (χ0n) is 17.2. The van der Waals surface area contributed by atoms with E-state index < -0.39 is 4.92 Å². The van der Waals surface area contributed by atoms with Gasteiger partial charge in [-0.2, -0.15) is 11.3 Å². The molecule has 3 aromatic rings. The predicted molar refractivity (Wildman–Crippen MR) is 121 cm³/mol. The van der Waals surface area contributed by atoms with Gasteiger partial charge in [-0.1, -0.05) is 6.92 Å². The molecule has 160 valence electrons. The van der Waals surface area contributed by atoms with Gasteiger partial charge in [-0.3, -0.25) is 14.9 Å². The van der Waals surface area contributed by atoms with E-state index in [0.29, 0.717) is 11.4 Å². The third-order valence-corrected chi connectivity index (χ3v) is 6.09. The highest BCUT2D eigenvalue weighted by Gasteiger charge is 2.23. The Labute approximate surface area is 184 Å². The Hall–Kier alpha value is -3.33. The van der Waals surface area contributed by atoms with Crippen molar-refractivity contribution in [3.05, 3.63) is 68.5 Å². The van der Waals surface area contributed by atoms with Gasteiger partial charge in [0.1, 0.15) is 5.82 Å². The number of amides is 1. The van der Waals surface area contributed by atoms with Crippen LogP contribution in [-0.4, -0.2) is 39.9 Å². The van der Waals surface area contributed by atoms with Crippen molar-refractivity contribution in [2.24, 2.45) is 0 Å². The number of thiophene rings is 1. The number of rotatable bonds is 6. The summed E-state index contributed by atoms with van der Waals surface area (Å²) in [6, 6.07) is 10.3. The van der Waals surface area contributed by atoms with Crippen molar-refractivity contribution >= 4 is 28.7 Å². The van der Waals surface area contributed by atoms with Crippen molar-refractivity contribution in [3.8, 4) is 11.4 Å². The van der Waals surface area contributed by atoms with E-state index in [9.17, 15) is 14.9 Å². The number of hydrogen-bond donors (Lipinski definition) is 1. The van der Waals surface area contributed by atoms with Gasteiger partial charge in [0.2, 0.25) is 0 Å². The monoisotopic (exact) mass is 437 g/mol. The van der Waals surface area contributed by atoms with Crippen molar-refractivity contribution in [2.45, 2.75) is 32.2 Å². The van der Waals surface area contributed by atoms with Crippen molar-refractivity contribution in [3.63, 3.8) is 0 Å². The van der Waals surface area contributed by atoms with E-state index in [2.05, 4.69) is 15.2 Å². The Bertz CT molecular complexity index is 1060. The smallest absolute Gasteiger partial charge is 0.269 e. The molecule has 0 atom stereocenters. The molecule has 1 aromatic carbocycles. The average Bonchev–Trinajstić information content (AvgIpc) is 3.34. The van der Waals surface area contributed by atoms with Gasteiger partial charge in [0.15, 0.2) is 5.82 Å². The lowest BCUT2D eigenvalue weighted by Crippen LogP contribution is -2.45. The lowest BCUT2D eigenvalue weighted by Gasteiger charge is -2.33. The minimum Gasteiger partial charge on any atom is -0.356 e. The summed E-state index contributed by atoms with van der Waals surface area (Å²) < 4.78 is 0. The molecule has 31 heavy (non-hydrogen) atoms. The highest BCUT2D eigenvalue weighted by atomic mass is 32.1. The van der Waals surface area contributed by atoms with Crippen LogP contribution in [0.2, 0.25) is 0 Å². The number of aryl methyl sites for hydroxylation is 1. The van der Waals surface area contributed by atoms with Crippen LogP contribution >= 0.6 is 11.3 Å². The number of nitrogens with one attached hydrogen (secondary N) is 1. The van der Waals surface area contributed by atoms with E-state index in [1.165, 1.54) is 23.5 Å². The number of carbonyl (C=O) groups is 1. The van der Waals surface area contributed by atoms with E-state index >= 15 is 0 Å². The molecule has 1 amide bonds.